The quantitative estimate of drug-likeness (QED) is 0.819. The van der Waals surface area contributed by atoms with Crippen LogP contribution in [0.25, 0.3) is 11.0 Å². The lowest BCUT2D eigenvalue weighted by Gasteiger charge is -2.16. The van der Waals surface area contributed by atoms with Crippen molar-refractivity contribution in [3.63, 3.8) is 0 Å². The Hall–Kier alpha value is -1.60. The van der Waals surface area contributed by atoms with Gasteiger partial charge in [0.2, 0.25) is 0 Å². The van der Waals surface area contributed by atoms with E-state index in [2.05, 4.69) is 19.4 Å². The number of fused-ring (bicyclic) bond motifs is 1. The fourth-order valence-corrected chi connectivity index (χ4v) is 3.42. The van der Waals surface area contributed by atoms with Crippen molar-refractivity contribution in [1.29, 1.82) is 0 Å². The monoisotopic (exact) mass is 306 g/mol. The van der Waals surface area contributed by atoms with Crippen molar-refractivity contribution >= 4 is 28.8 Å². The Morgan fingerprint density at radius 2 is 2.14 bits per heavy atom. The minimum Gasteiger partial charge on any atom is -0.481 e. The van der Waals surface area contributed by atoms with E-state index in [9.17, 15) is 4.79 Å². The van der Waals surface area contributed by atoms with Gasteiger partial charge in [-0.3, -0.25) is 9.78 Å². The molecule has 0 aliphatic carbocycles. The van der Waals surface area contributed by atoms with Gasteiger partial charge in [0, 0.05) is 19.3 Å². The molecule has 2 aromatic rings. The van der Waals surface area contributed by atoms with Crippen LogP contribution in [0.4, 0.5) is 0 Å². The average Bonchev–Trinajstić information content (AvgIpc) is 3.10. The first-order chi connectivity index (χ1) is 10.2. The molecule has 21 heavy (non-hydrogen) atoms. The van der Waals surface area contributed by atoms with Crippen molar-refractivity contribution < 1.29 is 9.90 Å². The fourth-order valence-electron chi connectivity index (χ4n) is 2.66. The van der Waals surface area contributed by atoms with Crippen molar-refractivity contribution in [3.05, 3.63) is 18.5 Å². The van der Waals surface area contributed by atoms with Crippen molar-refractivity contribution in [1.82, 2.24) is 19.4 Å². The molecule has 0 aromatic carbocycles. The summed E-state index contributed by atoms with van der Waals surface area (Å²) in [7, 11) is 0. The second-order valence-electron chi connectivity index (χ2n) is 5.14. The zero-order valence-electron chi connectivity index (χ0n) is 11.7. The van der Waals surface area contributed by atoms with Crippen molar-refractivity contribution in [3.8, 4) is 0 Å². The molecule has 7 heteroatoms. The lowest BCUT2D eigenvalue weighted by molar-refractivity contribution is -0.133. The summed E-state index contributed by atoms with van der Waals surface area (Å²) in [6, 6.07) is 1.94. The zero-order valence-corrected chi connectivity index (χ0v) is 12.6. The van der Waals surface area contributed by atoms with Crippen LogP contribution in [0.2, 0.25) is 0 Å². The molecule has 1 saturated heterocycles. The number of aromatic nitrogens is 3. The number of carbonyl (C=O) groups is 1. The molecular formula is C14H18N4O2S. The molecular weight excluding hydrogens is 288 g/mol. The lowest BCUT2D eigenvalue weighted by Crippen LogP contribution is -2.24. The topological polar surface area (TPSA) is 71.2 Å². The molecule has 112 valence electrons. The van der Waals surface area contributed by atoms with Gasteiger partial charge in [-0.15, -0.1) is 0 Å². The summed E-state index contributed by atoms with van der Waals surface area (Å²) in [5.41, 5.74) is 1.85. The largest absolute Gasteiger partial charge is 0.481 e. The highest BCUT2D eigenvalue weighted by Gasteiger charge is 2.15. The molecule has 1 aliphatic heterocycles. The summed E-state index contributed by atoms with van der Waals surface area (Å²) in [5.74, 6) is -0.795. The van der Waals surface area contributed by atoms with Gasteiger partial charge in [0.25, 0.3) is 0 Å². The Bertz CT molecular complexity index is 637. The van der Waals surface area contributed by atoms with E-state index in [4.69, 9.17) is 5.11 Å². The lowest BCUT2D eigenvalue weighted by atomic mass is 10.4. The standard InChI is InChI=1S/C14H18N4O2S/c19-13(20)10-21-14-16-11-9-15-4-3-12(11)18(14)8-7-17-5-1-2-6-17/h3-4,9H,1-2,5-8,10H2,(H,19,20). The normalized spacial score (nSPS) is 15.8. The van der Waals surface area contributed by atoms with Crippen LogP contribution in [0.5, 0.6) is 0 Å². The molecule has 0 atom stereocenters. The molecule has 0 unspecified atom stereocenters. The number of rotatable bonds is 6. The SMILES string of the molecule is O=C(O)CSc1nc2cnccc2n1CCN1CCCC1. The van der Waals surface area contributed by atoms with Crippen LogP contribution in [-0.2, 0) is 11.3 Å². The van der Waals surface area contributed by atoms with Gasteiger partial charge in [-0.05, 0) is 32.0 Å². The number of pyridine rings is 1. The highest BCUT2D eigenvalue weighted by Crippen LogP contribution is 2.23. The smallest absolute Gasteiger partial charge is 0.313 e. The molecule has 0 spiro atoms. The summed E-state index contributed by atoms with van der Waals surface area (Å²) >= 11 is 1.27. The summed E-state index contributed by atoms with van der Waals surface area (Å²) in [6.07, 6.45) is 6.03. The number of carboxylic acid groups (broad SMARTS) is 1. The predicted octanol–water partition coefficient (Wildman–Crippen LogP) is 1.70. The summed E-state index contributed by atoms with van der Waals surface area (Å²) in [5, 5.41) is 9.63. The summed E-state index contributed by atoms with van der Waals surface area (Å²) < 4.78 is 2.11. The van der Waals surface area contributed by atoms with Crippen LogP contribution < -0.4 is 0 Å². The molecule has 0 saturated carbocycles. The van der Waals surface area contributed by atoms with Crippen LogP contribution in [0, 0.1) is 0 Å². The molecule has 3 heterocycles. The van der Waals surface area contributed by atoms with Gasteiger partial charge in [0.15, 0.2) is 5.16 Å². The number of thioether (sulfide) groups is 1. The van der Waals surface area contributed by atoms with Crippen LogP contribution >= 0.6 is 11.8 Å². The Morgan fingerprint density at radius 1 is 1.33 bits per heavy atom. The van der Waals surface area contributed by atoms with Crippen molar-refractivity contribution in [2.75, 3.05) is 25.4 Å². The highest BCUT2D eigenvalue weighted by atomic mass is 32.2. The van der Waals surface area contributed by atoms with Crippen LogP contribution in [0.3, 0.4) is 0 Å². The molecule has 3 rings (SSSR count). The van der Waals surface area contributed by atoms with E-state index >= 15 is 0 Å². The zero-order chi connectivity index (χ0) is 14.7. The van der Waals surface area contributed by atoms with E-state index in [1.54, 1.807) is 12.4 Å². The molecule has 2 aromatic heterocycles. The van der Waals surface area contributed by atoms with E-state index in [0.29, 0.717) is 0 Å². The Balaban J connectivity index is 1.81. The van der Waals surface area contributed by atoms with Gasteiger partial charge in [-0.2, -0.15) is 0 Å². The maximum absolute atomic E-state index is 10.8. The maximum atomic E-state index is 10.8. The number of carboxylic acids is 1. The highest BCUT2D eigenvalue weighted by molar-refractivity contribution is 7.99. The third-order valence-corrected chi connectivity index (χ3v) is 4.64. The van der Waals surface area contributed by atoms with Crippen LogP contribution in [0.1, 0.15) is 12.8 Å². The molecule has 0 amide bonds. The number of aliphatic carboxylic acids is 1. The Labute approximate surface area is 127 Å². The maximum Gasteiger partial charge on any atom is 0.313 e. The Morgan fingerprint density at radius 3 is 2.90 bits per heavy atom. The van der Waals surface area contributed by atoms with Gasteiger partial charge >= 0.3 is 5.97 Å². The first-order valence-corrected chi connectivity index (χ1v) is 8.10. The van der Waals surface area contributed by atoms with E-state index in [1.807, 2.05) is 6.07 Å². The molecule has 6 nitrogen and oxygen atoms in total. The Kier molecular flexibility index (Phi) is 4.40. The first kappa shape index (κ1) is 14.3. The first-order valence-electron chi connectivity index (χ1n) is 7.11. The number of likely N-dealkylation sites (tertiary alicyclic amines) is 1. The number of hydrogen-bond acceptors (Lipinski definition) is 5. The molecule has 0 radical (unpaired) electrons. The van der Waals surface area contributed by atoms with E-state index < -0.39 is 5.97 Å². The molecule has 1 aliphatic rings. The van der Waals surface area contributed by atoms with E-state index in [1.165, 1.54) is 24.6 Å². The predicted molar refractivity (Wildman–Crippen MR) is 81.6 cm³/mol. The van der Waals surface area contributed by atoms with E-state index in [-0.39, 0.29) is 5.75 Å². The minimum atomic E-state index is -0.823. The molecule has 1 N–H and O–H groups in total. The van der Waals surface area contributed by atoms with Crippen LogP contribution in [-0.4, -0.2) is 55.9 Å². The molecule has 0 bridgehead atoms. The number of imidazole rings is 1. The van der Waals surface area contributed by atoms with Gasteiger partial charge in [-0.1, -0.05) is 11.8 Å². The van der Waals surface area contributed by atoms with E-state index in [0.717, 1.165) is 42.4 Å². The van der Waals surface area contributed by atoms with Crippen LogP contribution in [0.15, 0.2) is 23.6 Å². The third kappa shape index (κ3) is 3.36. The van der Waals surface area contributed by atoms with Gasteiger partial charge < -0.3 is 14.6 Å². The van der Waals surface area contributed by atoms with Crippen molar-refractivity contribution in [2.24, 2.45) is 0 Å². The minimum absolute atomic E-state index is 0.0282. The van der Waals surface area contributed by atoms with Crippen molar-refractivity contribution in [2.45, 2.75) is 24.5 Å². The van der Waals surface area contributed by atoms with Gasteiger partial charge in [0.05, 0.1) is 17.5 Å². The number of nitrogens with zero attached hydrogens (tertiary/aromatic N) is 4. The molecule has 1 fully saturated rings. The third-order valence-electron chi connectivity index (χ3n) is 3.68. The second-order valence-corrected chi connectivity index (χ2v) is 6.08. The number of hydrogen-bond donors (Lipinski definition) is 1. The second kappa shape index (κ2) is 6.44. The van der Waals surface area contributed by atoms with Gasteiger partial charge in [0.1, 0.15) is 5.52 Å². The fraction of sp³-hybridized carbons (Fsp3) is 0.500. The van der Waals surface area contributed by atoms with Gasteiger partial charge in [-0.25, -0.2) is 4.98 Å². The summed E-state index contributed by atoms with van der Waals surface area (Å²) in [4.78, 5) is 21.8. The average molecular weight is 306 g/mol. The summed E-state index contributed by atoms with van der Waals surface area (Å²) in [6.45, 7) is 4.13.